The van der Waals surface area contributed by atoms with Gasteiger partial charge in [-0.15, -0.1) is 0 Å². The first-order valence-electron chi connectivity index (χ1n) is 6.01. The van der Waals surface area contributed by atoms with E-state index in [4.69, 9.17) is 9.15 Å². The van der Waals surface area contributed by atoms with E-state index >= 15 is 0 Å². The molecule has 0 saturated heterocycles. The summed E-state index contributed by atoms with van der Waals surface area (Å²) in [5, 5.41) is 14.1. The number of hydrogen-bond acceptors (Lipinski definition) is 6. The summed E-state index contributed by atoms with van der Waals surface area (Å²) in [4.78, 5) is 14.9. The van der Waals surface area contributed by atoms with E-state index in [1.807, 2.05) is 13.8 Å². The fourth-order valence-electron chi connectivity index (χ4n) is 1.80. The SMILES string of the molecule is COc1cccc(NCc2nc(C)c(C)o2)c1[N+](=O)[O-]. The Morgan fingerprint density at radius 2 is 2.20 bits per heavy atom. The van der Waals surface area contributed by atoms with Crippen molar-refractivity contribution in [3.05, 3.63) is 45.7 Å². The Kier molecular flexibility index (Phi) is 3.88. The molecule has 0 spiro atoms. The van der Waals surface area contributed by atoms with Crippen LogP contribution < -0.4 is 10.1 Å². The predicted molar refractivity (Wildman–Crippen MR) is 73.0 cm³/mol. The third kappa shape index (κ3) is 2.71. The van der Waals surface area contributed by atoms with Crippen LogP contribution in [0.15, 0.2) is 22.6 Å². The van der Waals surface area contributed by atoms with Crippen LogP contribution in [-0.4, -0.2) is 17.0 Å². The van der Waals surface area contributed by atoms with Crippen molar-refractivity contribution >= 4 is 11.4 Å². The number of ether oxygens (including phenoxy) is 1. The predicted octanol–water partition coefficient (Wildman–Crippen LogP) is 2.82. The van der Waals surface area contributed by atoms with Gasteiger partial charge >= 0.3 is 5.69 Å². The largest absolute Gasteiger partial charge is 0.490 e. The molecule has 1 aromatic heterocycles. The average Bonchev–Trinajstić information content (AvgIpc) is 2.74. The van der Waals surface area contributed by atoms with Crippen molar-refractivity contribution in [2.24, 2.45) is 0 Å². The highest BCUT2D eigenvalue weighted by Gasteiger charge is 2.20. The first-order valence-corrected chi connectivity index (χ1v) is 6.01. The van der Waals surface area contributed by atoms with Crippen LogP contribution in [0.5, 0.6) is 5.75 Å². The molecule has 0 amide bonds. The number of anilines is 1. The van der Waals surface area contributed by atoms with Gasteiger partial charge in [0.1, 0.15) is 11.4 Å². The molecule has 1 aromatic carbocycles. The summed E-state index contributed by atoms with van der Waals surface area (Å²) in [6, 6.07) is 4.84. The number of nitrogens with zero attached hydrogens (tertiary/aromatic N) is 2. The number of aryl methyl sites for hydroxylation is 2. The fourth-order valence-corrected chi connectivity index (χ4v) is 1.80. The maximum atomic E-state index is 11.1. The molecule has 0 radical (unpaired) electrons. The molecule has 0 unspecified atom stereocenters. The van der Waals surface area contributed by atoms with Crippen LogP contribution in [0.25, 0.3) is 0 Å². The van der Waals surface area contributed by atoms with Crippen LogP contribution in [-0.2, 0) is 6.54 Å². The molecular formula is C13H15N3O4. The van der Waals surface area contributed by atoms with Crippen LogP contribution in [0.1, 0.15) is 17.3 Å². The molecular weight excluding hydrogens is 262 g/mol. The standard InChI is InChI=1S/C13H15N3O4/c1-8-9(2)20-12(15-8)7-14-10-5-4-6-11(19-3)13(10)16(17)18/h4-6,14H,7H2,1-3H3. The summed E-state index contributed by atoms with van der Waals surface area (Å²) in [5.41, 5.74) is 1.07. The monoisotopic (exact) mass is 277 g/mol. The topological polar surface area (TPSA) is 90.4 Å². The van der Waals surface area contributed by atoms with Gasteiger partial charge in [-0.25, -0.2) is 4.98 Å². The highest BCUT2D eigenvalue weighted by molar-refractivity contribution is 5.68. The Hall–Kier alpha value is -2.57. The van der Waals surface area contributed by atoms with Crippen molar-refractivity contribution in [3.63, 3.8) is 0 Å². The Morgan fingerprint density at radius 1 is 1.45 bits per heavy atom. The van der Waals surface area contributed by atoms with E-state index in [1.54, 1.807) is 18.2 Å². The lowest BCUT2D eigenvalue weighted by Crippen LogP contribution is -2.04. The number of hydrogen-bond donors (Lipinski definition) is 1. The van der Waals surface area contributed by atoms with Crippen molar-refractivity contribution in [2.75, 3.05) is 12.4 Å². The first kappa shape index (κ1) is 13.9. The molecule has 0 aliphatic heterocycles. The lowest BCUT2D eigenvalue weighted by Gasteiger charge is -2.07. The summed E-state index contributed by atoms with van der Waals surface area (Å²) in [6.45, 7) is 3.93. The molecule has 1 N–H and O–H groups in total. The third-order valence-electron chi connectivity index (χ3n) is 2.90. The van der Waals surface area contributed by atoms with Crippen LogP contribution >= 0.6 is 0 Å². The van der Waals surface area contributed by atoms with E-state index in [1.165, 1.54) is 7.11 Å². The molecule has 0 aliphatic rings. The number of methoxy groups -OCH3 is 1. The minimum atomic E-state index is -0.479. The van der Waals surface area contributed by atoms with Gasteiger partial charge in [0.15, 0.2) is 5.75 Å². The molecule has 106 valence electrons. The second-order valence-electron chi connectivity index (χ2n) is 4.22. The molecule has 20 heavy (non-hydrogen) atoms. The molecule has 2 rings (SSSR count). The van der Waals surface area contributed by atoms with E-state index in [-0.39, 0.29) is 18.0 Å². The zero-order valence-electron chi connectivity index (χ0n) is 11.5. The van der Waals surface area contributed by atoms with Crippen molar-refractivity contribution in [3.8, 4) is 5.75 Å². The zero-order valence-corrected chi connectivity index (χ0v) is 11.5. The summed E-state index contributed by atoms with van der Waals surface area (Å²) in [5.74, 6) is 1.43. The number of nitro benzene ring substituents is 1. The lowest BCUT2D eigenvalue weighted by molar-refractivity contribution is -0.384. The van der Waals surface area contributed by atoms with Gasteiger partial charge in [-0.05, 0) is 26.0 Å². The smallest absolute Gasteiger partial charge is 0.333 e. The Labute approximate surface area is 115 Å². The molecule has 0 aliphatic carbocycles. The molecule has 7 nitrogen and oxygen atoms in total. The van der Waals surface area contributed by atoms with Crippen molar-refractivity contribution in [2.45, 2.75) is 20.4 Å². The van der Waals surface area contributed by atoms with Crippen LogP contribution in [0.2, 0.25) is 0 Å². The van der Waals surface area contributed by atoms with Gasteiger partial charge < -0.3 is 14.5 Å². The van der Waals surface area contributed by atoms with Crippen molar-refractivity contribution in [1.29, 1.82) is 0 Å². The first-order chi connectivity index (χ1) is 9.52. The summed E-state index contributed by atoms with van der Waals surface area (Å²) < 4.78 is 10.4. The normalized spacial score (nSPS) is 10.3. The summed E-state index contributed by atoms with van der Waals surface area (Å²) in [7, 11) is 1.40. The third-order valence-corrected chi connectivity index (χ3v) is 2.90. The Bertz CT molecular complexity index is 617. The summed E-state index contributed by atoms with van der Waals surface area (Å²) >= 11 is 0. The molecule has 1 heterocycles. The van der Waals surface area contributed by atoms with Gasteiger partial charge in [0.05, 0.1) is 24.3 Å². The molecule has 0 fully saturated rings. The minimum Gasteiger partial charge on any atom is -0.490 e. The van der Waals surface area contributed by atoms with E-state index < -0.39 is 4.92 Å². The number of benzene rings is 1. The quantitative estimate of drug-likeness (QED) is 0.667. The van der Waals surface area contributed by atoms with Gasteiger partial charge in [-0.2, -0.15) is 0 Å². The maximum Gasteiger partial charge on any atom is 0.333 e. The van der Waals surface area contributed by atoms with E-state index in [0.717, 1.165) is 11.5 Å². The molecule has 0 saturated carbocycles. The number of rotatable bonds is 5. The number of nitrogens with one attached hydrogen (secondary N) is 1. The van der Waals surface area contributed by atoms with Crippen LogP contribution in [0.4, 0.5) is 11.4 Å². The molecule has 2 aromatic rings. The Morgan fingerprint density at radius 3 is 2.75 bits per heavy atom. The zero-order chi connectivity index (χ0) is 14.7. The van der Waals surface area contributed by atoms with Gasteiger partial charge in [-0.1, -0.05) is 6.07 Å². The highest BCUT2D eigenvalue weighted by atomic mass is 16.6. The lowest BCUT2D eigenvalue weighted by atomic mass is 10.2. The number of oxazole rings is 1. The average molecular weight is 277 g/mol. The molecule has 7 heteroatoms. The number of para-hydroxylation sites is 1. The molecule has 0 atom stereocenters. The second-order valence-corrected chi connectivity index (χ2v) is 4.22. The highest BCUT2D eigenvalue weighted by Crippen LogP contribution is 2.34. The van der Waals surface area contributed by atoms with Crippen LogP contribution in [0.3, 0.4) is 0 Å². The van der Waals surface area contributed by atoms with Crippen molar-refractivity contribution in [1.82, 2.24) is 4.98 Å². The van der Waals surface area contributed by atoms with Gasteiger partial charge in [0, 0.05) is 0 Å². The number of nitro groups is 1. The minimum absolute atomic E-state index is 0.102. The van der Waals surface area contributed by atoms with E-state index in [0.29, 0.717) is 11.6 Å². The van der Waals surface area contributed by atoms with Gasteiger partial charge in [-0.3, -0.25) is 10.1 Å². The van der Waals surface area contributed by atoms with Gasteiger partial charge in [0.25, 0.3) is 0 Å². The number of aromatic nitrogens is 1. The maximum absolute atomic E-state index is 11.1. The van der Waals surface area contributed by atoms with Crippen molar-refractivity contribution < 1.29 is 14.1 Å². The van der Waals surface area contributed by atoms with Gasteiger partial charge in [0.2, 0.25) is 5.89 Å². The van der Waals surface area contributed by atoms with E-state index in [2.05, 4.69) is 10.3 Å². The molecule has 0 bridgehead atoms. The summed E-state index contributed by atoms with van der Waals surface area (Å²) in [6.07, 6.45) is 0. The van der Waals surface area contributed by atoms with Crippen LogP contribution in [0, 0.1) is 24.0 Å². The van der Waals surface area contributed by atoms with E-state index in [9.17, 15) is 10.1 Å². The second kappa shape index (κ2) is 5.60. The fraction of sp³-hybridized carbons (Fsp3) is 0.308. The Balaban J connectivity index is 2.23.